The van der Waals surface area contributed by atoms with Crippen molar-refractivity contribution in [3.8, 4) is 0 Å². The van der Waals surface area contributed by atoms with Gasteiger partial charge in [-0.2, -0.15) is 0 Å². The highest BCUT2D eigenvalue weighted by Gasteiger charge is 2.41. The van der Waals surface area contributed by atoms with Crippen LogP contribution in [0.15, 0.2) is 0 Å². The van der Waals surface area contributed by atoms with Crippen LogP contribution in [0.4, 0.5) is 4.79 Å². The number of urea groups is 1. The summed E-state index contributed by atoms with van der Waals surface area (Å²) in [6, 6.07) is -0.179. The summed E-state index contributed by atoms with van der Waals surface area (Å²) < 4.78 is 5.35. The lowest BCUT2D eigenvalue weighted by molar-refractivity contribution is -0.127. The molecule has 17 heavy (non-hydrogen) atoms. The van der Waals surface area contributed by atoms with Crippen molar-refractivity contribution in [3.63, 3.8) is 0 Å². The third kappa shape index (κ3) is 2.47. The van der Waals surface area contributed by atoms with Crippen LogP contribution in [0.3, 0.4) is 0 Å². The van der Waals surface area contributed by atoms with Crippen molar-refractivity contribution in [2.75, 3.05) is 38.7 Å². The zero-order valence-corrected chi connectivity index (χ0v) is 11.5. The number of rotatable bonds is 3. The molecule has 2 saturated heterocycles. The molecule has 0 aromatic carbocycles. The highest BCUT2D eigenvalue weighted by molar-refractivity contribution is 9.09. The van der Waals surface area contributed by atoms with Crippen LogP contribution in [-0.2, 0) is 9.53 Å². The summed E-state index contributed by atoms with van der Waals surface area (Å²) in [7, 11) is 1.66. The lowest BCUT2D eigenvalue weighted by atomic mass is 9.82. The summed E-state index contributed by atoms with van der Waals surface area (Å²) in [4.78, 5) is 26.4. The van der Waals surface area contributed by atoms with Gasteiger partial charge in [-0.15, -0.1) is 0 Å². The quantitative estimate of drug-likeness (QED) is 0.579. The van der Waals surface area contributed by atoms with Gasteiger partial charge in [-0.3, -0.25) is 9.69 Å². The molecular weight excluding hydrogens is 288 g/mol. The SMILES string of the molecule is CN1CC(=O)N(CC2(CBr)CCOCC2)C1=O. The summed E-state index contributed by atoms with van der Waals surface area (Å²) >= 11 is 3.51. The average Bonchev–Trinajstić information content (AvgIpc) is 2.57. The maximum Gasteiger partial charge on any atom is 0.326 e. The van der Waals surface area contributed by atoms with Gasteiger partial charge in [0, 0.05) is 37.6 Å². The minimum Gasteiger partial charge on any atom is -0.381 e. The van der Waals surface area contributed by atoms with Gasteiger partial charge < -0.3 is 9.64 Å². The highest BCUT2D eigenvalue weighted by atomic mass is 79.9. The summed E-state index contributed by atoms with van der Waals surface area (Å²) in [5.74, 6) is -0.0932. The number of nitrogens with zero attached hydrogens (tertiary/aromatic N) is 2. The van der Waals surface area contributed by atoms with E-state index in [0.29, 0.717) is 19.8 Å². The maximum atomic E-state index is 11.8. The Morgan fingerprint density at radius 3 is 2.47 bits per heavy atom. The number of carbonyl (C=O) groups is 2. The highest BCUT2D eigenvalue weighted by Crippen LogP contribution is 2.34. The Balaban J connectivity index is 2.08. The molecule has 0 radical (unpaired) electrons. The lowest BCUT2D eigenvalue weighted by Crippen LogP contribution is -2.45. The molecule has 0 saturated carbocycles. The fourth-order valence-electron chi connectivity index (χ4n) is 2.30. The number of hydrogen-bond acceptors (Lipinski definition) is 3. The fourth-order valence-corrected chi connectivity index (χ4v) is 3.04. The molecule has 0 spiro atoms. The Bertz CT molecular complexity index is 329. The number of carbonyl (C=O) groups excluding carboxylic acids is 2. The van der Waals surface area contributed by atoms with Crippen LogP contribution in [0.25, 0.3) is 0 Å². The molecule has 0 aromatic rings. The van der Waals surface area contributed by atoms with Crippen molar-refractivity contribution in [3.05, 3.63) is 0 Å². The molecule has 2 aliphatic rings. The van der Waals surface area contributed by atoms with Crippen molar-refractivity contribution in [2.24, 2.45) is 5.41 Å². The first-order valence-electron chi connectivity index (χ1n) is 5.77. The number of imide groups is 1. The minimum atomic E-state index is -0.179. The summed E-state index contributed by atoms with van der Waals surface area (Å²) in [6.07, 6.45) is 1.78. The van der Waals surface area contributed by atoms with E-state index in [1.807, 2.05) is 0 Å². The second-order valence-corrected chi connectivity index (χ2v) is 5.43. The summed E-state index contributed by atoms with van der Waals surface area (Å²) in [5.41, 5.74) is -0.0191. The Morgan fingerprint density at radius 1 is 1.35 bits per heavy atom. The van der Waals surface area contributed by atoms with Gasteiger partial charge in [0.1, 0.15) is 6.54 Å². The van der Waals surface area contributed by atoms with E-state index in [2.05, 4.69) is 15.9 Å². The van der Waals surface area contributed by atoms with Gasteiger partial charge in [-0.25, -0.2) is 4.79 Å². The van der Waals surface area contributed by atoms with Gasteiger partial charge >= 0.3 is 6.03 Å². The molecule has 96 valence electrons. The molecule has 0 N–H and O–H groups in total. The first-order chi connectivity index (χ1) is 8.08. The molecule has 0 unspecified atom stereocenters. The molecule has 2 rings (SSSR count). The second-order valence-electron chi connectivity index (χ2n) is 4.86. The number of hydrogen-bond donors (Lipinski definition) is 0. The van der Waals surface area contributed by atoms with Crippen molar-refractivity contribution < 1.29 is 14.3 Å². The maximum absolute atomic E-state index is 11.8. The largest absolute Gasteiger partial charge is 0.381 e. The molecule has 2 heterocycles. The smallest absolute Gasteiger partial charge is 0.326 e. The first kappa shape index (κ1) is 12.8. The average molecular weight is 305 g/mol. The second kappa shape index (κ2) is 4.94. The van der Waals surface area contributed by atoms with Crippen molar-refractivity contribution in [1.29, 1.82) is 0 Å². The van der Waals surface area contributed by atoms with E-state index in [9.17, 15) is 9.59 Å². The number of likely N-dealkylation sites (N-methyl/N-ethyl adjacent to an activating group) is 1. The van der Waals surface area contributed by atoms with Gasteiger partial charge in [-0.1, -0.05) is 15.9 Å². The molecule has 6 heteroatoms. The van der Waals surface area contributed by atoms with Gasteiger partial charge in [0.15, 0.2) is 0 Å². The zero-order chi connectivity index (χ0) is 12.5. The van der Waals surface area contributed by atoms with Crippen LogP contribution in [0.1, 0.15) is 12.8 Å². The van der Waals surface area contributed by atoms with E-state index < -0.39 is 0 Å². The predicted molar refractivity (Wildman–Crippen MR) is 66.0 cm³/mol. The van der Waals surface area contributed by atoms with Crippen LogP contribution < -0.4 is 0 Å². The van der Waals surface area contributed by atoms with Crippen LogP contribution >= 0.6 is 15.9 Å². The van der Waals surface area contributed by atoms with Gasteiger partial charge in [0.2, 0.25) is 5.91 Å². The number of alkyl halides is 1. The van der Waals surface area contributed by atoms with Crippen molar-refractivity contribution in [1.82, 2.24) is 9.80 Å². The molecule has 5 nitrogen and oxygen atoms in total. The van der Waals surface area contributed by atoms with Crippen LogP contribution in [0.2, 0.25) is 0 Å². The molecule has 3 amide bonds. The topological polar surface area (TPSA) is 49.9 Å². The van der Waals surface area contributed by atoms with Crippen molar-refractivity contribution >= 4 is 27.9 Å². The molecular formula is C11H17BrN2O3. The normalized spacial score (nSPS) is 24.6. The number of ether oxygens (including phenoxy) is 1. The Kier molecular flexibility index (Phi) is 3.73. The predicted octanol–water partition coefficient (Wildman–Crippen LogP) is 1.07. The minimum absolute atomic E-state index is 0.0191. The van der Waals surface area contributed by atoms with E-state index in [4.69, 9.17) is 4.74 Å². The molecule has 0 aliphatic carbocycles. The van der Waals surface area contributed by atoms with Crippen molar-refractivity contribution in [2.45, 2.75) is 12.8 Å². The van der Waals surface area contributed by atoms with Gasteiger partial charge in [0.05, 0.1) is 0 Å². The number of halogens is 1. The van der Waals surface area contributed by atoms with Crippen LogP contribution in [-0.4, -0.2) is 60.4 Å². The van der Waals surface area contributed by atoms with E-state index in [1.165, 1.54) is 9.80 Å². The Hall–Kier alpha value is -0.620. The zero-order valence-electron chi connectivity index (χ0n) is 9.95. The lowest BCUT2D eigenvalue weighted by Gasteiger charge is -2.37. The molecule has 0 bridgehead atoms. The fraction of sp³-hybridized carbons (Fsp3) is 0.818. The monoisotopic (exact) mass is 304 g/mol. The van der Waals surface area contributed by atoms with E-state index in [1.54, 1.807) is 7.05 Å². The first-order valence-corrected chi connectivity index (χ1v) is 6.89. The Labute approximate surface area is 109 Å². The Morgan fingerprint density at radius 2 is 2.00 bits per heavy atom. The van der Waals surface area contributed by atoms with E-state index in [0.717, 1.165) is 18.2 Å². The summed E-state index contributed by atoms with van der Waals surface area (Å²) in [6.45, 7) is 2.12. The van der Waals surface area contributed by atoms with E-state index >= 15 is 0 Å². The van der Waals surface area contributed by atoms with E-state index in [-0.39, 0.29) is 23.9 Å². The number of amides is 3. The molecule has 2 aliphatic heterocycles. The van der Waals surface area contributed by atoms with Gasteiger partial charge in [0.25, 0.3) is 0 Å². The summed E-state index contributed by atoms with van der Waals surface area (Å²) in [5, 5.41) is 0.796. The molecule has 2 fully saturated rings. The van der Waals surface area contributed by atoms with Gasteiger partial charge in [-0.05, 0) is 12.8 Å². The third-order valence-corrected chi connectivity index (χ3v) is 4.75. The third-order valence-electron chi connectivity index (χ3n) is 3.56. The molecule has 0 aromatic heterocycles. The van der Waals surface area contributed by atoms with Crippen LogP contribution in [0, 0.1) is 5.41 Å². The standard InChI is InChI=1S/C11H17BrN2O3/c1-13-6-9(15)14(10(13)16)8-11(7-12)2-4-17-5-3-11/h2-8H2,1H3. The molecule has 0 atom stereocenters. The van der Waals surface area contributed by atoms with Crippen LogP contribution in [0.5, 0.6) is 0 Å².